The molecule has 0 bridgehead atoms. The molecule has 0 aliphatic carbocycles. The first-order valence-electron chi connectivity index (χ1n) is 7.69. The Labute approximate surface area is 144 Å². The number of hydrogen-bond donors (Lipinski definition) is 2. The van der Waals surface area contributed by atoms with Crippen LogP contribution in [0.25, 0.3) is 10.9 Å². The molecule has 1 aromatic heterocycles. The summed E-state index contributed by atoms with van der Waals surface area (Å²) in [5.74, 6) is -1.05. The van der Waals surface area contributed by atoms with Gasteiger partial charge in [0.25, 0.3) is 0 Å². The van der Waals surface area contributed by atoms with Crippen molar-refractivity contribution in [1.82, 2.24) is 4.98 Å². The summed E-state index contributed by atoms with van der Waals surface area (Å²) < 4.78 is 36.9. The molecule has 0 saturated heterocycles. The number of carbonyl (C=O) groups excluding carboxylic acids is 1. The normalized spacial score (nSPS) is 11.6. The second-order valence-corrected chi connectivity index (χ2v) is 7.84. The number of benzene rings is 2. The van der Waals surface area contributed by atoms with Gasteiger partial charge < -0.3 is 10.3 Å². The lowest BCUT2D eigenvalue weighted by molar-refractivity contribution is -0.116. The second-order valence-electron chi connectivity index (χ2n) is 5.82. The molecule has 130 valence electrons. The zero-order valence-corrected chi connectivity index (χ0v) is 14.4. The van der Waals surface area contributed by atoms with Gasteiger partial charge in [0.15, 0.2) is 9.84 Å². The van der Waals surface area contributed by atoms with Crippen molar-refractivity contribution in [1.29, 1.82) is 0 Å². The number of fused-ring (bicyclic) bond motifs is 1. The maximum absolute atomic E-state index is 13.8. The van der Waals surface area contributed by atoms with Gasteiger partial charge in [-0.1, -0.05) is 18.2 Å². The highest BCUT2D eigenvalue weighted by molar-refractivity contribution is 7.90. The zero-order chi connectivity index (χ0) is 18.0. The van der Waals surface area contributed by atoms with E-state index in [1.54, 1.807) is 0 Å². The maximum Gasteiger partial charge on any atom is 0.224 e. The molecule has 7 heteroatoms. The number of amides is 1. The molecule has 0 unspecified atom stereocenters. The van der Waals surface area contributed by atoms with Crippen molar-refractivity contribution in [2.45, 2.75) is 17.7 Å². The van der Waals surface area contributed by atoms with Crippen LogP contribution in [0, 0.1) is 5.82 Å². The molecule has 1 amide bonds. The first kappa shape index (κ1) is 17.2. The van der Waals surface area contributed by atoms with Crippen LogP contribution < -0.4 is 5.32 Å². The predicted octanol–water partition coefficient (Wildman–Crippen LogP) is 3.28. The van der Waals surface area contributed by atoms with Gasteiger partial charge in [0.05, 0.1) is 10.6 Å². The van der Waals surface area contributed by atoms with Crippen LogP contribution in [-0.2, 0) is 21.1 Å². The summed E-state index contributed by atoms with van der Waals surface area (Å²) in [7, 11) is -3.47. The van der Waals surface area contributed by atoms with E-state index in [1.165, 1.54) is 6.07 Å². The summed E-state index contributed by atoms with van der Waals surface area (Å²) in [5, 5.41) is 3.49. The van der Waals surface area contributed by atoms with Crippen LogP contribution in [-0.4, -0.2) is 25.6 Å². The third kappa shape index (κ3) is 3.88. The van der Waals surface area contributed by atoms with Crippen LogP contribution in [0.5, 0.6) is 0 Å². The minimum Gasteiger partial charge on any atom is -0.361 e. The molecular formula is C18H17FN2O3S. The second kappa shape index (κ2) is 6.68. The summed E-state index contributed by atoms with van der Waals surface area (Å²) in [6.45, 7) is 0. The molecule has 0 spiro atoms. The van der Waals surface area contributed by atoms with E-state index in [-0.39, 0.29) is 22.9 Å². The van der Waals surface area contributed by atoms with E-state index in [1.807, 2.05) is 30.5 Å². The van der Waals surface area contributed by atoms with E-state index in [9.17, 15) is 17.6 Å². The highest BCUT2D eigenvalue weighted by Crippen LogP contribution is 2.21. The van der Waals surface area contributed by atoms with Gasteiger partial charge in [-0.3, -0.25) is 4.79 Å². The molecule has 2 N–H and O–H groups in total. The first-order chi connectivity index (χ1) is 11.8. The quantitative estimate of drug-likeness (QED) is 0.685. The van der Waals surface area contributed by atoms with Gasteiger partial charge in [-0.25, -0.2) is 12.8 Å². The number of halogens is 1. The zero-order valence-electron chi connectivity index (χ0n) is 13.5. The van der Waals surface area contributed by atoms with Crippen LogP contribution in [0.4, 0.5) is 10.1 Å². The number of anilines is 1. The smallest absolute Gasteiger partial charge is 0.224 e. The molecule has 0 radical (unpaired) electrons. The Hall–Kier alpha value is -2.67. The van der Waals surface area contributed by atoms with Crippen LogP contribution in [0.15, 0.2) is 53.6 Å². The van der Waals surface area contributed by atoms with Crippen molar-refractivity contribution in [3.05, 3.63) is 60.0 Å². The molecule has 1 heterocycles. The van der Waals surface area contributed by atoms with Crippen LogP contribution >= 0.6 is 0 Å². The molecule has 0 atom stereocenters. The van der Waals surface area contributed by atoms with E-state index < -0.39 is 15.7 Å². The van der Waals surface area contributed by atoms with Gasteiger partial charge >= 0.3 is 0 Å². The van der Waals surface area contributed by atoms with Gasteiger partial charge in [0, 0.05) is 29.8 Å². The summed E-state index contributed by atoms with van der Waals surface area (Å²) in [4.78, 5) is 15.2. The molecule has 2 aromatic carbocycles. The number of nitrogens with one attached hydrogen (secondary N) is 2. The standard InChI is InChI=1S/C18H17FN2O3S/c1-25(23,24)13-7-8-15(19)17(10-13)21-18(22)9-6-12-11-20-16-5-3-2-4-14(12)16/h2-5,7-8,10-11,20H,6,9H2,1H3,(H,21,22). The van der Waals surface area contributed by atoms with E-state index in [0.29, 0.717) is 6.42 Å². The number of para-hydroxylation sites is 1. The van der Waals surface area contributed by atoms with Crippen molar-refractivity contribution in [3.63, 3.8) is 0 Å². The van der Waals surface area contributed by atoms with Crippen LogP contribution in [0.1, 0.15) is 12.0 Å². The molecule has 5 nitrogen and oxygen atoms in total. The number of aromatic nitrogens is 1. The van der Waals surface area contributed by atoms with Crippen LogP contribution in [0.3, 0.4) is 0 Å². The van der Waals surface area contributed by atoms with Gasteiger partial charge in [0.2, 0.25) is 5.91 Å². The first-order valence-corrected chi connectivity index (χ1v) is 9.58. The minimum atomic E-state index is -3.47. The van der Waals surface area contributed by atoms with E-state index in [0.717, 1.165) is 34.9 Å². The minimum absolute atomic E-state index is 0.0409. The number of carbonyl (C=O) groups is 1. The Bertz CT molecular complexity index is 1040. The lowest BCUT2D eigenvalue weighted by Crippen LogP contribution is -2.14. The van der Waals surface area contributed by atoms with E-state index >= 15 is 0 Å². The molecule has 3 rings (SSSR count). The Kier molecular flexibility index (Phi) is 4.59. The number of sulfone groups is 1. The SMILES string of the molecule is CS(=O)(=O)c1ccc(F)c(NC(=O)CCc2c[nH]c3ccccc23)c1. The average Bonchev–Trinajstić information content (AvgIpc) is 2.97. The molecule has 0 saturated carbocycles. The summed E-state index contributed by atoms with van der Waals surface area (Å²) in [6.07, 6.45) is 3.53. The van der Waals surface area contributed by atoms with Gasteiger partial charge in [-0.05, 0) is 36.2 Å². The van der Waals surface area contributed by atoms with Gasteiger partial charge in [-0.2, -0.15) is 0 Å². The fraction of sp³-hybridized carbons (Fsp3) is 0.167. The van der Waals surface area contributed by atoms with Crippen molar-refractivity contribution < 1.29 is 17.6 Å². The lowest BCUT2D eigenvalue weighted by atomic mass is 10.1. The van der Waals surface area contributed by atoms with Crippen LogP contribution in [0.2, 0.25) is 0 Å². The summed E-state index contributed by atoms with van der Waals surface area (Å²) >= 11 is 0. The molecule has 25 heavy (non-hydrogen) atoms. The largest absolute Gasteiger partial charge is 0.361 e. The topological polar surface area (TPSA) is 79.0 Å². The average molecular weight is 360 g/mol. The number of aryl methyl sites for hydroxylation is 1. The monoisotopic (exact) mass is 360 g/mol. The van der Waals surface area contributed by atoms with Crippen molar-refractivity contribution in [2.24, 2.45) is 0 Å². The Morgan fingerprint density at radius 2 is 1.96 bits per heavy atom. The van der Waals surface area contributed by atoms with E-state index in [4.69, 9.17) is 0 Å². The predicted molar refractivity (Wildman–Crippen MR) is 94.8 cm³/mol. The van der Waals surface area contributed by atoms with E-state index in [2.05, 4.69) is 10.3 Å². The molecule has 0 fully saturated rings. The molecule has 3 aromatic rings. The molecule has 0 aliphatic heterocycles. The Morgan fingerprint density at radius 3 is 2.72 bits per heavy atom. The Morgan fingerprint density at radius 1 is 1.20 bits per heavy atom. The fourth-order valence-electron chi connectivity index (χ4n) is 2.63. The molecular weight excluding hydrogens is 343 g/mol. The Balaban J connectivity index is 1.71. The maximum atomic E-state index is 13.8. The number of H-pyrrole nitrogens is 1. The lowest BCUT2D eigenvalue weighted by Gasteiger charge is -2.08. The highest BCUT2D eigenvalue weighted by atomic mass is 32.2. The third-order valence-electron chi connectivity index (χ3n) is 3.94. The third-order valence-corrected chi connectivity index (χ3v) is 5.05. The summed E-state index contributed by atoms with van der Waals surface area (Å²) in [6, 6.07) is 11.1. The van der Waals surface area contributed by atoms with Crippen molar-refractivity contribution >= 4 is 32.3 Å². The van der Waals surface area contributed by atoms with Gasteiger partial charge in [0.1, 0.15) is 5.82 Å². The molecule has 0 aliphatic rings. The van der Waals surface area contributed by atoms with Crippen molar-refractivity contribution in [2.75, 3.05) is 11.6 Å². The van der Waals surface area contributed by atoms with Gasteiger partial charge in [-0.15, -0.1) is 0 Å². The fourth-order valence-corrected chi connectivity index (χ4v) is 3.28. The number of rotatable bonds is 5. The van der Waals surface area contributed by atoms with Crippen molar-refractivity contribution in [3.8, 4) is 0 Å². The summed E-state index contributed by atoms with van der Waals surface area (Å²) in [5.41, 5.74) is 1.85. The highest BCUT2D eigenvalue weighted by Gasteiger charge is 2.13. The number of aromatic amines is 1. The number of hydrogen-bond acceptors (Lipinski definition) is 3.